The van der Waals surface area contributed by atoms with E-state index in [2.05, 4.69) is 10.2 Å². The summed E-state index contributed by atoms with van der Waals surface area (Å²) in [4.78, 5) is 28.5. The number of anilines is 2. The highest BCUT2D eigenvalue weighted by Gasteiger charge is 2.16. The van der Waals surface area contributed by atoms with E-state index in [1.807, 2.05) is 31.2 Å². The van der Waals surface area contributed by atoms with Gasteiger partial charge in [-0.2, -0.15) is 0 Å². The molecular weight excluding hydrogens is 370 g/mol. The molecular formula is C22H27N3O4. The van der Waals surface area contributed by atoms with Gasteiger partial charge in [-0.15, -0.1) is 0 Å². The van der Waals surface area contributed by atoms with Crippen molar-refractivity contribution in [1.29, 1.82) is 0 Å². The average molecular weight is 397 g/mol. The number of likely N-dealkylation sites (N-methyl/N-ethyl adjacent to an activating group) is 1. The van der Waals surface area contributed by atoms with Crippen LogP contribution >= 0.6 is 0 Å². The number of hydrogen-bond donors (Lipinski definition) is 1. The Morgan fingerprint density at radius 3 is 2.34 bits per heavy atom. The SMILES string of the molecule is CCOc1ccc(C(=O)N(C)CC(=O)Nc2ccc(N3CCOCC3)cc2)cc1. The fourth-order valence-electron chi connectivity index (χ4n) is 3.15. The molecule has 0 saturated carbocycles. The second-order valence-corrected chi connectivity index (χ2v) is 6.81. The molecule has 1 saturated heterocycles. The summed E-state index contributed by atoms with van der Waals surface area (Å²) >= 11 is 0. The summed E-state index contributed by atoms with van der Waals surface area (Å²) in [6.07, 6.45) is 0. The summed E-state index contributed by atoms with van der Waals surface area (Å²) in [6.45, 7) is 5.63. The van der Waals surface area contributed by atoms with E-state index in [9.17, 15) is 9.59 Å². The van der Waals surface area contributed by atoms with E-state index in [0.29, 0.717) is 23.6 Å². The number of ether oxygens (including phenoxy) is 2. The molecule has 0 unspecified atom stereocenters. The summed E-state index contributed by atoms with van der Waals surface area (Å²) in [6, 6.07) is 14.6. The van der Waals surface area contributed by atoms with Crippen LogP contribution in [0.4, 0.5) is 11.4 Å². The van der Waals surface area contributed by atoms with Gasteiger partial charge in [0.15, 0.2) is 0 Å². The van der Waals surface area contributed by atoms with Gasteiger partial charge < -0.3 is 24.6 Å². The monoisotopic (exact) mass is 397 g/mol. The van der Waals surface area contributed by atoms with Crippen molar-refractivity contribution in [3.63, 3.8) is 0 Å². The largest absolute Gasteiger partial charge is 0.494 e. The van der Waals surface area contributed by atoms with Gasteiger partial charge in [0.1, 0.15) is 5.75 Å². The highest BCUT2D eigenvalue weighted by Crippen LogP contribution is 2.19. The number of carbonyl (C=O) groups is 2. The number of nitrogens with one attached hydrogen (secondary N) is 1. The molecule has 29 heavy (non-hydrogen) atoms. The molecule has 2 aromatic carbocycles. The molecule has 0 bridgehead atoms. The van der Waals surface area contributed by atoms with E-state index in [0.717, 1.165) is 32.0 Å². The summed E-state index contributed by atoms with van der Waals surface area (Å²) in [5.74, 6) is 0.252. The molecule has 1 N–H and O–H groups in total. The second-order valence-electron chi connectivity index (χ2n) is 6.81. The Kier molecular flexibility index (Phi) is 7.08. The van der Waals surface area contributed by atoms with Gasteiger partial charge in [0.05, 0.1) is 26.4 Å². The predicted molar refractivity (Wildman–Crippen MR) is 113 cm³/mol. The number of hydrogen-bond acceptors (Lipinski definition) is 5. The van der Waals surface area contributed by atoms with Crippen molar-refractivity contribution < 1.29 is 19.1 Å². The van der Waals surface area contributed by atoms with Crippen molar-refractivity contribution in [2.75, 3.05) is 56.7 Å². The molecule has 3 rings (SSSR count). The lowest BCUT2D eigenvalue weighted by molar-refractivity contribution is -0.116. The van der Waals surface area contributed by atoms with E-state index in [-0.39, 0.29) is 18.4 Å². The van der Waals surface area contributed by atoms with Crippen LogP contribution in [-0.2, 0) is 9.53 Å². The third kappa shape index (κ3) is 5.71. The normalized spacial score (nSPS) is 13.7. The molecule has 2 aromatic rings. The van der Waals surface area contributed by atoms with Gasteiger partial charge in [-0.1, -0.05) is 0 Å². The highest BCUT2D eigenvalue weighted by atomic mass is 16.5. The summed E-state index contributed by atoms with van der Waals surface area (Å²) in [7, 11) is 1.61. The zero-order chi connectivity index (χ0) is 20.6. The van der Waals surface area contributed by atoms with E-state index in [1.54, 1.807) is 31.3 Å². The molecule has 154 valence electrons. The topological polar surface area (TPSA) is 71.1 Å². The minimum Gasteiger partial charge on any atom is -0.494 e. The molecule has 0 aromatic heterocycles. The lowest BCUT2D eigenvalue weighted by Gasteiger charge is -2.28. The Morgan fingerprint density at radius 2 is 1.72 bits per heavy atom. The molecule has 0 atom stereocenters. The Morgan fingerprint density at radius 1 is 1.07 bits per heavy atom. The zero-order valence-electron chi connectivity index (χ0n) is 16.9. The third-order valence-corrected chi connectivity index (χ3v) is 4.67. The van der Waals surface area contributed by atoms with Crippen LogP contribution < -0.4 is 15.0 Å². The second kappa shape index (κ2) is 9.93. The van der Waals surface area contributed by atoms with Gasteiger partial charge in [0, 0.05) is 37.1 Å². The lowest BCUT2D eigenvalue weighted by Crippen LogP contribution is -2.36. The maximum atomic E-state index is 12.5. The molecule has 0 spiro atoms. The van der Waals surface area contributed by atoms with Crippen molar-refractivity contribution in [2.24, 2.45) is 0 Å². The van der Waals surface area contributed by atoms with Crippen molar-refractivity contribution in [1.82, 2.24) is 4.90 Å². The van der Waals surface area contributed by atoms with Crippen LogP contribution in [0.2, 0.25) is 0 Å². The lowest BCUT2D eigenvalue weighted by atomic mass is 10.2. The van der Waals surface area contributed by atoms with Crippen LogP contribution in [0.25, 0.3) is 0 Å². The van der Waals surface area contributed by atoms with Crippen molar-refractivity contribution >= 4 is 23.2 Å². The first-order valence-electron chi connectivity index (χ1n) is 9.77. The van der Waals surface area contributed by atoms with E-state index in [4.69, 9.17) is 9.47 Å². The van der Waals surface area contributed by atoms with Crippen molar-refractivity contribution in [3.8, 4) is 5.75 Å². The van der Waals surface area contributed by atoms with E-state index >= 15 is 0 Å². The molecule has 1 fully saturated rings. The van der Waals surface area contributed by atoms with E-state index < -0.39 is 0 Å². The van der Waals surface area contributed by atoms with Crippen LogP contribution in [0, 0.1) is 0 Å². The fraction of sp³-hybridized carbons (Fsp3) is 0.364. The predicted octanol–water partition coefficient (Wildman–Crippen LogP) is 2.63. The fourth-order valence-corrected chi connectivity index (χ4v) is 3.15. The summed E-state index contributed by atoms with van der Waals surface area (Å²) < 4.78 is 10.7. The molecule has 2 amide bonds. The quantitative estimate of drug-likeness (QED) is 0.778. The molecule has 1 heterocycles. The van der Waals surface area contributed by atoms with Crippen LogP contribution in [0.5, 0.6) is 5.75 Å². The van der Waals surface area contributed by atoms with E-state index in [1.165, 1.54) is 4.90 Å². The Balaban J connectivity index is 1.52. The first-order valence-corrected chi connectivity index (χ1v) is 9.77. The maximum absolute atomic E-state index is 12.5. The maximum Gasteiger partial charge on any atom is 0.254 e. The summed E-state index contributed by atoms with van der Waals surface area (Å²) in [5, 5.41) is 2.84. The number of nitrogens with zero attached hydrogens (tertiary/aromatic N) is 2. The third-order valence-electron chi connectivity index (χ3n) is 4.67. The Labute approximate surface area is 171 Å². The van der Waals surface area contributed by atoms with Gasteiger partial charge in [-0.3, -0.25) is 9.59 Å². The average Bonchev–Trinajstić information content (AvgIpc) is 2.75. The molecule has 0 aliphatic carbocycles. The van der Waals surface area contributed by atoms with Crippen LogP contribution in [0.15, 0.2) is 48.5 Å². The zero-order valence-corrected chi connectivity index (χ0v) is 16.9. The first kappa shape index (κ1) is 20.7. The van der Waals surface area contributed by atoms with Crippen LogP contribution in [-0.4, -0.2) is 63.2 Å². The van der Waals surface area contributed by atoms with Crippen molar-refractivity contribution in [3.05, 3.63) is 54.1 Å². The Hall–Kier alpha value is -3.06. The smallest absolute Gasteiger partial charge is 0.254 e. The molecule has 1 aliphatic rings. The highest BCUT2D eigenvalue weighted by molar-refractivity contribution is 5.99. The number of carbonyl (C=O) groups excluding carboxylic acids is 2. The first-order chi connectivity index (χ1) is 14.1. The number of amides is 2. The van der Waals surface area contributed by atoms with Gasteiger partial charge in [0.25, 0.3) is 5.91 Å². The minimum absolute atomic E-state index is 0.0305. The number of benzene rings is 2. The molecule has 7 nitrogen and oxygen atoms in total. The summed E-state index contributed by atoms with van der Waals surface area (Å²) in [5.41, 5.74) is 2.32. The number of rotatable bonds is 7. The molecule has 0 radical (unpaired) electrons. The number of morpholine rings is 1. The van der Waals surface area contributed by atoms with Crippen molar-refractivity contribution in [2.45, 2.75) is 6.92 Å². The minimum atomic E-state index is -0.245. The van der Waals surface area contributed by atoms with Gasteiger partial charge in [-0.25, -0.2) is 0 Å². The van der Waals surface area contributed by atoms with Gasteiger partial charge >= 0.3 is 0 Å². The van der Waals surface area contributed by atoms with Crippen LogP contribution in [0.1, 0.15) is 17.3 Å². The Bertz CT molecular complexity index is 815. The van der Waals surface area contributed by atoms with Crippen LogP contribution in [0.3, 0.4) is 0 Å². The van der Waals surface area contributed by atoms with Gasteiger partial charge in [0.2, 0.25) is 5.91 Å². The standard InChI is InChI=1S/C22H27N3O4/c1-3-29-20-10-4-17(5-11-20)22(27)24(2)16-21(26)23-18-6-8-19(9-7-18)25-12-14-28-15-13-25/h4-11H,3,12-16H2,1-2H3,(H,23,26). The van der Waals surface area contributed by atoms with Gasteiger partial charge in [-0.05, 0) is 55.5 Å². The molecule has 1 aliphatic heterocycles. The molecule has 7 heteroatoms.